The molecular formula is C41H55NO7. The molecule has 8 nitrogen and oxygen atoms in total. The van der Waals surface area contributed by atoms with Gasteiger partial charge in [0.25, 0.3) is 0 Å². The van der Waals surface area contributed by atoms with E-state index in [2.05, 4.69) is 50.1 Å². The normalized spacial score (nSPS) is 48.0. The van der Waals surface area contributed by atoms with E-state index in [1.807, 2.05) is 24.3 Å². The molecule has 5 aliphatic heterocycles. The van der Waals surface area contributed by atoms with Crippen LogP contribution in [0, 0.1) is 52.3 Å². The average Bonchev–Trinajstić information content (AvgIpc) is 3.59. The molecule has 4 aliphatic carbocycles. The van der Waals surface area contributed by atoms with Crippen LogP contribution >= 0.6 is 0 Å². The molecule has 15 atom stereocenters. The van der Waals surface area contributed by atoms with Crippen LogP contribution in [0.25, 0.3) is 0 Å². The number of benzene rings is 1. The maximum Gasteiger partial charge on any atom is 0.159 e. The standard InChI is InChI=1S/C41H55NO7/c1-24-28-15-19-42-37(45)35(28)49-34(24)36(44)40(4,46)33-14-18-41-30-22-32(43)31-21-27(12-16-38(31,2)29(30)13-17-39(33,41)3)47-23-26(11-8-20-48-41)25-9-6-5-7-10-25/h5-7,9-10,22,24,26-29,31,33-37,42,44-46H,12-21,23H2,1-4H3. The van der Waals surface area contributed by atoms with Crippen molar-refractivity contribution in [3.05, 3.63) is 47.5 Å². The van der Waals surface area contributed by atoms with Gasteiger partial charge in [-0.25, -0.2) is 0 Å². The van der Waals surface area contributed by atoms with E-state index < -0.39 is 41.2 Å². The summed E-state index contributed by atoms with van der Waals surface area (Å²) in [6, 6.07) is 10.3. The largest absolute Gasteiger partial charge is 0.387 e. The summed E-state index contributed by atoms with van der Waals surface area (Å²) in [6.07, 6.45) is 5.44. The quantitative estimate of drug-likeness (QED) is 0.345. The number of hydrogen-bond acceptors (Lipinski definition) is 8. The Hall–Kier alpha value is -2.09. The number of carbonyl (C=O) groups is 1. The van der Waals surface area contributed by atoms with Crippen molar-refractivity contribution in [2.45, 2.75) is 127 Å². The van der Waals surface area contributed by atoms with E-state index in [0.717, 1.165) is 49.7 Å². The molecule has 1 aromatic rings. The van der Waals surface area contributed by atoms with Crippen molar-refractivity contribution in [2.75, 3.05) is 19.8 Å². The second-order valence-corrected chi connectivity index (χ2v) is 17.2. The summed E-state index contributed by atoms with van der Waals surface area (Å²) in [5, 5.41) is 38.4. The van der Waals surface area contributed by atoms with Gasteiger partial charge >= 0.3 is 0 Å². The van der Waals surface area contributed by atoms with Gasteiger partial charge in [-0.3, -0.25) is 10.1 Å². The lowest BCUT2D eigenvalue weighted by Gasteiger charge is -2.61. The van der Waals surface area contributed by atoms with Gasteiger partial charge in [0.15, 0.2) is 5.78 Å². The minimum Gasteiger partial charge on any atom is -0.387 e. The van der Waals surface area contributed by atoms with Crippen LogP contribution < -0.4 is 5.32 Å². The van der Waals surface area contributed by atoms with Crippen molar-refractivity contribution < 1.29 is 34.3 Å². The Kier molecular flexibility index (Phi) is 8.51. The number of allylic oxidation sites excluding steroid dienone is 1. The van der Waals surface area contributed by atoms with E-state index in [0.29, 0.717) is 26.0 Å². The van der Waals surface area contributed by atoms with E-state index in [9.17, 15) is 20.1 Å². The summed E-state index contributed by atoms with van der Waals surface area (Å²) >= 11 is 0. The summed E-state index contributed by atoms with van der Waals surface area (Å²) in [4.78, 5) is 14.2. The zero-order valence-electron chi connectivity index (χ0n) is 29.6. The van der Waals surface area contributed by atoms with Gasteiger partial charge in [-0.1, -0.05) is 62.9 Å². The van der Waals surface area contributed by atoms with Crippen LogP contribution in [-0.4, -0.2) is 82.7 Å². The Morgan fingerprint density at radius 1 is 1.06 bits per heavy atom. The predicted octanol–water partition coefficient (Wildman–Crippen LogP) is 4.51. The van der Waals surface area contributed by atoms with Gasteiger partial charge < -0.3 is 29.5 Å². The minimum atomic E-state index is -1.50. The number of aliphatic hydroxyl groups is 3. The minimum absolute atomic E-state index is 0.0183. The number of fused-ring (bicyclic) bond motifs is 3. The van der Waals surface area contributed by atoms with Crippen molar-refractivity contribution in [1.82, 2.24) is 5.32 Å². The fraction of sp³-hybridized carbons (Fsp3) is 0.732. The fourth-order valence-electron chi connectivity index (χ4n) is 12.2. The molecular weight excluding hydrogens is 618 g/mol. The maximum atomic E-state index is 14.2. The van der Waals surface area contributed by atoms with Crippen LogP contribution in [-0.2, 0) is 19.0 Å². The van der Waals surface area contributed by atoms with Crippen LogP contribution in [0.15, 0.2) is 42.0 Å². The van der Waals surface area contributed by atoms with Gasteiger partial charge in [0.1, 0.15) is 25.0 Å². The highest BCUT2D eigenvalue weighted by Crippen LogP contribution is 2.70. The molecule has 6 bridgehead atoms. The Bertz CT molecular complexity index is 1530. The molecule has 8 heteroatoms. The number of ether oxygens (including phenoxy) is 3. The zero-order chi connectivity index (χ0) is 34.3. The third-order valence-electron chi connectivity index (χ3n) is 15.1. The summed E-state index contributed by atoms with van der Waals surface area (Å²) < 4.78 is 20.0. The highest BCUT2D eigenvalue weighted by molar-refractivity contribution is 5.95. The summed E-state index contributed by atoms with van der Waals surface area (Å²) in [6.45, 7) is 9.79. The van der Waals surface area contributed by atoms with Crippen molar-refractivity contribution >= 4 is 5.78 Å². The van der Waals surface area contributed by atoms with Gasteiger partial charge in [0, 0.05) is 11.3 Å². The molecule has 9 aliphatic rings. The Morgan fingerprint density at radius 3 is 2.63 bits per heavy atom. The summed E-state index contributed by atoms with van der Waals surface area (Å²) in [7, 11) is 0. The molecule has 15 unspecified atom stereocenters. The molecule has 10 rings (SSSR count). The van der Waals surface area contributed by atoms with Crippen LogP contribution in [0.2, 0.25) is 0 Å². The lowest BCUT2D eigenvalue weighted by Crippen LogP contribution is -2.64. The van der Waals surface area contributed by atoms with Crippen LogP contribution in [0.4, 0.5) is 0 Å². The number of nitrogens with one attached hydrogen (secondary N) is 1. The smallest absolute Gasteiger partial charge is 0.159 e. The zero-order valence-corrected chi connectivity index (χ0v) is 29.6. The Morgan fingerprint density at radius 2 is 1.86 bits per heavy atom. The molecule has 49 heavy (non-hydrogen) atoms. The molecule has 4 N–H and O–H groups in total. The van der Waals surface area contributed by atoms with Crippen LogP contribution in [0.3, 0.4) is 0 Å². The Labute approximate surface area is 291 Å². The van der Waals surface area contributed by atoms with E-state index in [1.54, 1.807) is 6.92 Å². The van der Waals surface area contributed by atoms with Gasteiger partial charge in [-0.2, -0.15) is 0 Å². The SMILES string of the molecule is CC1C2CCNC(O)C2OC1C(O)C(C)(O)C1CCC23OCC#CC(c4ccccc4)COC4CCC5(C)C(C4)C(=O)C=C2C5CCC13C. The molecule has 0 aromatic heterocycles. The first-order valence-corrected chi connectivity index (χ1v) is 18.9. The first kappa shape index (κ1) is 34.0. The Balaban J connectivity index is 1.17. The van der Waals surface area contributed by atoms with E-state index in [4.69, 9.17) is 14.2 Å². The first-order chi connectivity index (χ1) is 23.4. The van der Waals surface area contributed by atoms with Crippen molar-refractivity contribution in [3.63, 3.8) is 0 Å². The van der Waals surface area contributed by atoms with Crippen LogP contribution in [0.1, 0.15) is 90.5 Å². The number of hydrogen-bond donors (Lipinski definition) is 4. The van der Waals surface area contributed by atoms with Crippen LogP contribution in [0.5, 0.6) is 0 Å². The van der Waals surface area contributed by atoms with Gasteiger partial charge in [0.2, 0.25) is 0 Å². The first-order valence-electron chi connectivity index (χ1n) is 18.9. The third-order valence-corrected chi connectivity index (χ3v) is 15.1. The van der Waals surface area contributed by atoms with E-state index >= 15 is 0 Å². The molecule has 1 aromatic carbocycles. The van der Waals surface area contributed by atoms with Crippen molar-refractivity contribution in [3.8, 4) is 11.8 Å². The highest BCUT2D eigenvalue weighted by Gasteiger charge is 2.70. The lowest BCUT2D eigenvalue weighted by atomic mass is 9.45. The fourth-order valence-corrected chi connectivity index (χ4v) is 12.2. The van der Waals surface area contributed by atoms with Gasteiger partial charge in [0.05, 0.1) is 35.9 Å². The van der Waals surface area contributed by atoms with E-state index in [-0.39, 0.29) is 59.4 Å². The average molecular weight is 674 g/mol. The molecule has 2 saturated heterocycles. The maximum absolute atomic E-state index is 14.2. The third kappa shape index (κ3) is 5.09. The molecule has 5 heterocycles. The monoisotopic (exact) mass is 673 g/mol. The predicted molar refractivity (Wildman–Crippen MR) is 184 cm³/mol. The number of piperidine rings is 1. The number of ketones is 1. The molecule has 266 valence electrons. The van der Waals surface area contributed by atoms with E-state index in [1.165, 1.54) is 0 Å². The molecule has 5 fully saturated rings. The van der Waals surface area contributed by atoms with Crippen molar-refractivity contribution in [2.24, 2.45) is 40.4 Å². The summed E-state index contributed by atoms with van der Waals surface area (Å²) in [5.74, 6) is 6.81. The van der Waals surface area contributed by atoms with Gasteiger partial charge in [-0.15, -0.1) is 0 Å². The lowest BCUT2D eigenvalue weighted by molar-refractivity contribution is -0.206. The molecule has 0 radical (unpaired) electrons. The number of carbonyl (C=O) groups excluding carboxylic acids is 1. The highest BCUT2D eigenvalue weighted by atomic mass is 16.5. The second kappa shape index (κ2) is 12.3. The second-order valence-electron chi connectivity index (χ2n) is 17.2. The topological polar surface area (TPSA) is 117 Å². The van der Waals surface area contributed by atoms with Crippen molar-refractivity contribution in [1.29, 1.82) is 0 Å². The van der Waals surface area contributed by atoms with Gasteiger partial charge in [-0.05, 0) is 111 Å². The molecule has 1 spiro atoms. The molecule has 0 amide bonds. The number of rotatable bonds is 4. The summed E-state index contributed by atoms with van der Waals surface area (Å²) in [5.41, 5.74) is -0.840. The molecule has 3 saturated carbocycles. The number of aliphatic hydroxyl groups excluding tert-OH is 2.